The lowest BCUT2D eigenvalue weighted by Crippen LogP contribution is -2.09. The fourth-order valence-corrected chi connectivity index (χ4v) is 2.48. The number of hydrogen-bond donors (Lipinski definition) is 1. The second kappa shape index (κ2) is 5.81. The minimum atomic E-state index is 0.0643. The summed E-state index contributed by atoms with van der Waals surface area (Å²) in [6.07, 6.45) is 0. The number of benzene rings is 1. The van der Waals surface area contributed by atoms with Gasteiger partial charge >= 0.3 is 0 Å². The van der Waals surface area contributed by atoms with Crippen LogP contribution in [0, 0.1) is 13.8 Å². The van der Waals surface area contributed by atoms with E-state index in [1.54, 1.807) is 6.07 Å². The number of nitrogens with one attached hydrogen (secondary N) is 1. The lowest BCUT2D eigenvalue weighted by molar-refractivity contribution is 0.878. The van der Waals surface area contributed by atoms with Crippen molar-refractivity contribution in [3.05, 3.63) is 57.3 Å². The smallest absolute Gasteiger partial charge is 0.0644 e. The highest BCUT2D eigenvalue weighted by Crippen LogP contribution is 2.31. The summed E-state index contributed by atoms with van der Waals surface area (Å²) < 4.78 is 0. The number of nitrogens with zero attached hydrogens (tertiary/aromatic N) is 1. The van der Waals surface area contributed by atoms with Crippen LogP contribution in [0.25, 0.3) is 0 Å². The molecule has 1 heterocycles. The van der Waals surface area contributed by atoms with Crippen LogP contribution in [0.5, 0.6) is 0 Å². The molecule has 100 valence electrons. The van der Waals surface area contributed by atoms with Crippen LogP contribution in [0.3, 0.4) is 0 Å². The molecule has 0 spiro atoms. The number of halogens is 2. The molecule has 2 rings (SSSR count). The molecule has 2 aromatic rings. The molecule has 0 fully saturated rings. The molecular formula is C15H16Cl2N2. The summed E-state index contributed by atoms with van der Waals surface area (Å²) in [5, 5.41) is 4.59. The number of aromatic nitrogens is 1. The standard InChI is InChI=1S/C15H16Cl2N2/c1-9-7-8-14(11(3)18-9)19-10(2)12-5-4-6-13(16)15(12)17/h4-8,10,19H,1-3H3. The van der Waals surface area contributed by atoms with Crippen LogP contribution in [-0.4, -0.2) is 4.98 Å². The molecule has 0 radical (unpaired) electrons. The quantitative estimate of drug-likeness (QED) is 0.844. The summed E-state index contributed by atoms with van der Waals surface area (Å²) in [4.78, 5) is 4.44. The van der Waals surface area contributed by atoms with Gasteiger partial charge in [0.1, 0.15) is 0 Å². The first kappa shape index (κ1) is 14.2. The van der Waals surface area contributed by atoms with Gasteiger partial charge in [-0.25, -0.2) is 0 Å². The molecule has 4 heteroatoms. The minimum Gasteiger partial charge on any atom is -0.377 e. The average molecular weight is 295 g/mol. The molecule has 0 amide bonds. The third kappa shape index (κ3) is 3.20. The first-order chi connectivity index (χ1) is 8.99. The van der Waals surface area contributed by atoms with Gasteiger partial charge in [0.25, 0.3) is 0 Å². The highest BCUT2D eigenvalue weighted by atomic mass is 35.5. The van der Waals surface area contributed by atoms with Crippen LogP contribution in [-0.2, 0) is 0 Å². The zero-order chi connectivity index (χ0) is 14.0. The molecule has 0 saturated heterocycles. The molecule has 0 aliphatic rings. The Bertz CT molecular complexity index is 597. The molecule has 1 atom stereocenters. The van der Waals surface area contributed by atoms with Crippen molar-refractivity contribution in [3.8, 4) is 0 Å². The monoisotopic (exact) mass is 294 g/mol. The van der Waals surface area contributed by atoms with Crippen molar-refractivity contribution < 1.29 is 0 Å². The van der Waals surface area contributed by atoms with E-state index in [9.17, 15) is 0 Å². The Labute approximate surface area is 123 Å². The van der Waals surface area contributed by atoms with E-state index in [1.165, 1.54) is 0 Å². The molecule has 0 saturated carbocycles. The molecule has 19 heavy (non-hydrogen) atoms. The van der Waals surface area contributed by atoms with Gasteiger partial charge in [-0.2, -0.15) is 0 Å². The van der Waals surface area contributed by atoms with Crippen LogP contribution in [0.2, 0.25) is 10.0 Å². The maximum absolute atomic E-state index is 6.23. The van der Waals surface area contributed by atoms with Crippen LogP contribution >= 0.6 is 23.2 Å². The number of rotatable bonds is 3. The highest BCUT2D eigenvalue weighted by molar-refractivity contribution is 6.42. The van der Waals surface area contributed by atoms with Gasteiger partial charge in [-0.15, -0.1) is 0 Å². The van der Waals surface area contributed by atoms with Gasteiger partial charge in [-0.1, -0.05) is 35.3 Å². The van der Waals surface area contributed by atoms with Crippen molar-refractivity contribution in [3.63, 3.8) is 0 Å². The van der Waals surface area contributed by atoms with Crippen molar-refractivity contribution in [1.29, 1.82) is 0 Å². The van der Waals surface area contributed by atoms with E-state index in [4.69, 9.17) is 23.2 Å². The Morgan fingerprint density at radius 3 is 2.53 bits per heavy atom. The number of pyridine rings is 1. The topological polar surface area (TPSA) is 24.9 Å². The molecule has 1 unspecified atom stereocenters. The zero-order valence-electron chi connectivity index (χ0n) is 11.2. The third-order valence-corrected chi connectivity index (χ3v) is 3.88. The van der Waals surface area contributed by atoms with Gasteiger partial charge in [0, 0.05) is 5.69 Å². The van der Waals surface area contributed by atoms with E-state index < -0.39 is 0 Å². The summed E-state index contributed by atoms with van der Waals surface area (Å²) in [6, 6.07) is 9.76. The van der Waals surface area contributed by atoms with E-state index in [1.807, 2.05) is 38.1 Å². The summed E-state index contributed by atoms with van der Waals surface area (Å²) in [5.74, 6) is 0. The van der Waals surface area contributed by atoms with E-state index >= 15 is 0 Å². The summed E-state index contributed by atoms with van der Waals surface area (Å²) >= 11 is 12.3. The van der Waals surface area contributed by atoms with Gasteiger partial charge < -0.3 is 5.32 Å². The van der Waals surface area contributed by atoms with E-state index in [0.29, 0.717) is 10.0 Å². The SMILES string of the molecule is Cc1ccc(NC(C)c2cccc(Cl)c2Cl)c(C)n1. The Morgan fingerprint density at radius 1 is 1.11 bits per heavy atom. The van der Waals surface area contributed by atoms with Crippen molar-refractivity contribution in [2.75, 3.05) is 5.32 Å². The second-order valence-corrected chi connectivity index (χ2v) is 5.38. The van der Waals surface area contributed by atoms with Gasteiger partial charge in [-0.05, 0) is 44.5 Å². The largest absolute Gasteiger partial charge is 0.377 e. The first-order valence-corrected chi connectivity index (χ1v) is 6.89. The highest BCUT2D eigenvalue weighted by Gasteiger charge is 2.12. The maximum Gasteiger partial charge on any atom is 0.0644 e. The summed E-state index contributed by atoms with van der Waals surface area (Å²) in [5.41, 5.74) is 3.98. The van der Waals surface area contributed by atoms with Crippen molar-refractivity contribution in [2.24, 2.45) is 0 Å². The molecule has 0 bridgehead atoms. The zero-order valence-corrected chi connectivity index (χ0v) is 12.7. The molecule has 1 N–H and O–H groups in total. The van der Waals surface area contributed by atoms with Crippen LogP contribution < -0.4 is 5.32 Å². The predicted molar refractivity (Wildman–Crippen MR) is 82.2 cm³/mol. The Kier molecular flexibility index (Phi) is 4.33. The van der Waals surface area contributed by atoms with E-state index in [2.05, 4.69) is 17.2 Å². The molecular weight excluding hydrogens is 279 g/mol. The van der Waals surface area contributed by atoms with Crippen molar-refractivity contribution >= 4 is 28.9 Å². The molecule has 1 aromatic carbocycles. The van der Waals surface area contributed by atoms with Gasteiger partial charge in [0.2, 0.25) is 0 Å². The fourth-order valence-electron chi connectivity index (χ4n) is 2.01. The van der Waals surface area contributed by atoms with Crippen LogP contribution in [0.1, 0.15) is 29.9 Å². The maximum atomic E-state index is 6.23. The predicted octanol–water partition coefficient (Wildman–Crippen LogP) is 5.18. The van der Waals surface area contributed by atoms with Gasteiger partial charge in [0.05, 0.1) is 27.5 Å². The Hall–Kier alpha value is -1.25. The lowest BCUT2D eigenvalue weighted by atomic mass is 10.1. The third-order valence-electron chi connectivity index (χ3n) is 3.05. The second-order valence-electron chi connectivity index (χ2n) is 4.59. The number of anilines is 1. The average Bonchev–Trinajstić information content (AvgIpc) is 2.36. The van der Waals surface area contributed by atoms with Gasteiger partial charge in [-0.3, -0.25) is 4.98 Å². The minimum absolute atomic E-state index is 0.0643. The molecule has 0 aliphatic heterocycles. The molecule has 2 nitrogen and oxygen atoms in total. The Morgan fingerprint density at radius 2 is 1.84 bits per heavy atom. The first-order valence-electron chi connectivity index (χ1n) is 6.13. The molecule has 1 aromatic heterocycles. The van der Waals surface area contributed by atoms with Crippen molar-refractivity contribution in [2.45, 2.75) is 26.8 Å². The fraction of sp³-hybridized carbons (Fsp3) is 0.267. The number of aryl methyl sites for hydroxylation is 2. The molecule has 0 aliphatic carbocycles. The van der Waals surface area contributed by atoms with Crippen LogP contribution in [0.4, 0.5) is 5.69 Å². The van der Waals surface area contributed by atoms with Gasteiger partial charge in [0.15, 0.2) is 0 Å². The Balaban J connectivity index is 2.25. The van der Waals surface area contributed by atoms with E-state index in [-0.39, 0.29) is 6.04 Å². The lowest BCUT2D eigenvalue weighted by Gasteiger charge is -2.18. The summed E-state index contributed by atoms with van der Waals surface area (Å²) in [7, 11) is 0. The van der Waals surface area contributed by atoms with Crippen molar-refractivity contribution in [1.82, 2.24) is 4.98 Å². The normalized spacial score (nSPS) is 12.3. The van der Waals surface area contributed by atoms with Crippen LogP contribution in [0.15, 0.2) is 30.3 Å². The number of hydrogen-bond acceptors (Lipinski definition) is 2. The van der Waals surface area contributed by atoms with E-state index in [0.717, 1.165) is 22.6 Å². The summed E-state index contributed by atoms with van der Waals surface area (Å²) in [6.45, 7) is 6.02.